The molecule has 32 heavy (non-hydrogen) atoms. The number of carbonyl (C=O) groups excluding carboxylic acids is 3. The first-order chi connectivity index (χ1) is 14.9. The molecule has 0 saturated carbocycles. The van der Waals surface area contributed by atoms with E-state index in [9.17, 15) is 19.2 Å². The zero-order valence-electron chi connectivity index (χ0n) is 19.5. The van der Waals surface area contributed by atoms with Gasteiger partial charge in [-0.15, -0.1) is 0 Å². The molecule has 9 heteroatoms. The van der Waals surface area contributed by atoms with E-state index in [0.717, 1.165) is 5.56 Å². The summed E-state index contributed by atoms with van der Waals surface area (Å²) in [4.78, 5) is 50.7. The van der Waals surface area contributed by atoms with Gasteiger partial charge in [0.15, 0.2) is 0 Å². The van der Waals surface area contributed by atoms with Gasteiger partial charge < -0.3 is 25.8 Å². The Morgan fingerprint density at radius 2 is 1.75 bits per heavy atom. The number of benzene rings is 1. The minimum absolute atomic E-state index is 0.0375. The number of ether oxygens (including phenoxy) is 1. The van der Waals surface area contributed by atoms with Gasteiger partial charge in [0, 0.05) is 13.0 Å². The monoisotopic (exact) mass is 449 g/mol. The van der Waals surface area contributed by atoms with E-state index in [1.165, 1.54) is 4.90 Å². The fourth-order valence-corrected chi connectivity index (χ4v) is 3.13. The number of hydrogen-bond acceptors (Lipinski definition) is 5. The van der Waals surface area contributed by atoms with Gasteiger partial charge in [-0.3, -0.25) is 14.4 Å². The molecule has 178 valence electrons. The van der Waals surface area contributed by atoms with Crippen LogP contribution >= 0.6 is 0 Å². The van der Waals surface area contributed by atoms with Crippen molar-refractivity contribution in [3.05, 3.63) is 35.9 Å². The molecule has 0 aliphatic carbocycles. The molecule has 3 atom stereocenters. The fourth-order valence-electron chi connectivity index (χ4n) is 3.13. The van der Waals surface area contributed by atoms with E-state index in [4.69, 9.17) is 15.6 Å². The standard InChI is InChI=1S/C23H35N3O6/c1-6-15(2)19(25-22(31)32-23(3,4)5)21(30)26(14-16-10-8-7-9-11-16)17(20(24)29)12-13-18(27)28/h7-11,15,17,19H,6,12-14H2,1-5H3,(H2,24,29)(H,25,31)(H,27,28)/t15-,17+,19-/m0/s1. The van der Waals surface area contributed by atoms with Crippen LogP contribution in [0.25, 0.3) is 0 Å². The third-order valence-corrected chi connectivity index (χ3v) is 4.97. The average molecular weight is 450 g/mol. The summed E-state index contributed by atoms with van der Waals surface area (Å²) < 4.78 is 5.31. The van der Waals surface area contributed by atoms with Crippen LogP contribution in [0.3, 0.4) is 0 Å². The van der Waals surface area contributed by atoms with Crippen LogP contribution in [0.4, 0.5) is 4.79 Å². The summed E-state index contributed by atoms with van der Waals surface area (Å²) in [5, 5.41) is 11.7. The Labute approximate surface area is 189 Å². The lowest BCUT2D eigenvalue weighted by Crippen LogP contribution is -2.57. The van der Waals surface area contributed by atoms with E-state index in [0.29, 0.717) is 6.42 Å². The zero-order chi connectivity index (χ0) is 24.5. The number of carbonyl (C=O) groups is 4. The van der Waals surface area contributed by atoms with Gasteiger partial charge in [0.1, 0.15) is 17.7 Å². The summed E-state index contributed by atoms with van der Waals surface area (Å²) in [7, 11) is 0. The van der Waals surface area contributed by atoms with Crippen molar-refractivity contribution in [2.24, 2.45) is 11.7 Å². The normalized spacial score (nSPS) is 14.0. The van der Waals surface area contributed by atoms with Gasteiger partial charge in [-0.2, -0.15) is 0 Å². The first kappa shape index (κ1) is 26.9. The minimum Gasteiger partial charge on any atom is -0.481 e. The van der Waals surface area contributed by atoms with Gasteiger partial charge >= 0.3 is 12.1 Å². The van der Waals surface area contributed by atoms with Gasteiger partial charge in [0.05, 0.1) is 0 Å². The van der Waals surface area contributed by atoms with E-state index < -0.39 is 41.6 Å². The molecule has 1 rings (SSSR count). The lowest BCUT2D eigenvalue weighted by molar-refractivity contribution is -0.144. The van der Waals surface area contributed by atoms with E-state index in [1.54, 1.807) is 52.0 Å². The fraction of sp³-hybridized carbons (Fsp3) is 0.565. The minimum atomic E-state index is -1.15. The second-order valence-electron chi connectivity index (χ2n) is 8.81. The van der Waals surface area contributed by atoms with Crippen molar-refractivity contribution in [1.82, 2.24) is 10.2 Å². The lowest BCUT2D eigenvalue weighted by atomic mass is 9.96. The Kier molecular flexibility index (Phi) is 10.2. The van der Waals surface area contributed by atoms with Gasteiger partial charge in [0.2, 0.25) is 11.8 Å². The molecule has 0 aliphatic heterocycles. The highest BCUT2D eigenvalue weighted by Crippen LogP contribution is 2.19. The Bertz CT molecular complexity index is 791. The van der Waals surface area contributed by atoms with Gasteiger partial charge in [0.25, 0.3) is 0 Å². The quantitative estimate of drug-likeness (QED) is 0.475. The van der Waals surface area contributed by atoms with Crippen molar-refractivity contribution in [3.63, 3.8) is 0 Å². The molecule has 0 spiro atoms. The molecule has 0 radical (unpaired) electrons. The molecule has 0 unspecified atom stereocenters. The number of carboxylic acid groups (broad SMARTS) is 1. The third-order valence-electron chi connectivity index (χ3n) is 4.97. The number of rotatable bonds is 11. The molecule has 0 saturated heterocycles. The van der Waals surface area contributed by atoms with Gasteiger partial charge in [-0.05, 0) is 38.7 Å². The highest BCUT2D eigenvalue weighted by atomic mass is 16.6. The van der Waals surface area contributed by atoms with Crippen molar-refractivity contribution >= 4 is 23.9 Å². The Morgan fingerprint density at radius 1 is 1.16 bits per heavy atom. The van der Waals surface area contributed by atoms with E-state index in [2.05, 4.69) is 5.32 Å². The number of amides is 3. The van der Waals surface area contributed by atoms with Crippen LogP contribution in [-0.4, -0.2) is 51.6 Å². The highest BCUT2D eigenvalue weighted by molar-refractivity contribution is 5.91. The van der Waals surface area contributed by atoms with Crippen molar-refractivity contribution in [2.75, 3.05) is 0 Å². The molecule has 1 aromatic rings. The second-order valence-corrected chi connectivity index (χ2v) is 8.81. The largest absolute Gasteiger partial charge is 0.481 e. The zero-order valence-corrected chi connectivity index (χ0v) is 19.5. The summed E-state index contributed by atoms with van der Waals surface area (Å²) in [5.41, 5.74) is 5.55. The van der Waals surface area contributed by atoms with Crippen LogP contribution in [0.15, 0.2) is 30.3 Å². The molecule has 0 fully saturated rings. The summed E-state index contributed by atoms with van der Waals surface area (Å²) in [5.74, 6) is -2.71. The Hall–Kier alpha value is -3.10. The van der Waals surface area contributed by atoms with Crippen LogP contribution in [-0.2, 0) is 25.7 Å². The molecule has 0 aromatic heterocycles. The first-order valence-corrected chi connectivity index (χ1v) is 10.7. The Morgan fingerprint density at radius 3 is 2.22 bits per heavy atom. The van der Waals surface area contributed by atoms with Gasteiger partial charge in [-0.25, -0.2) is 4.79 Å². The second kappa shape index (κ2) is 12.1. The van der Waals surface area contributed by atoms with E-state index >= 15 is 0 Å². The topological polar surface area (TPSA) is 139 Å². The number of nitrogens with one attached hydrogen (secondary N) is 1. The average Bonchev–Trinajstić information content (AvgIpc) is 2.69. The predicted octanol–water partition coefficient (Wildman–Crippen LogP) is 2.67. The number of carboxylic acids is 1. The van der Waals surface area contributed by atoms with Crippen LogP contribution in [0.5, 0.6) is 0 Å². The van der Waals surface area contributed by atoms with Crippen molar-refractivity contribution < 1.29 is 29.0 Å². The molecular weight excluding hydrogens is 414 g/mol. The molecule has 9 nitrogen and oxygen atoms in total. The van der Waals surface area contributed by atoms with Crippen LogP contribution in [0.2, 0.25) is 0 Å². The lowest BCUT2D eigenvalue weighted by Gasteiger charge is -2.35. The number of primary amides is 1. The molecule has 3 amide bonds. The van der Waals surface area contributed by atoms with Crippen molar-refractivity contribution in [1.29, 1.82) is 0 Å². The molecular formula is C23H35N3O6. The molecule has 1 aromatic carbocycles. The maximum atomic E-state index is 13.6. The van der Waals surface area contributed by atoms with Crippen LogP contribution in [0.1, 0.15) is 59.4 Å². The number of nitrogens with zero attached hydrogens (tertiary/aromatic N) is 1. The highest BCUT2D eigenvalue weighted by Gasteiger charge is 2.36. The summed E-state index contributed by atoms with van der Waals surface area (Å²) in [6, 6.07) is 6.84. The van der Waals surface area contributed by atoms with Crippen LogP contribution < -0.4 is 11.1 Å². The summed E-state index contributed by atoms with van der Waals surface area (Å²) >= 11 is 0. The maximum Gasteiger partial charge on any atom is 0.408 e. The third kappa shape index (κ3) is 8.95. The number of hydrogen-bond donors (Lipinski definition) is 3. The van der Waals surface area contributed by atoms with Crippen molar-refractivity contribution in [3.8, 4) is 0 Å². The summed E-state index contributed by atoms with van der Waals surface area (Å²) in [6.07, 6.45) is -0.651. The molecule has 4 N–H and O–H groups in total. The smallest absolute Gasteiger partial charge is 0.408 e. The maximum absolute atomic E-state index is 13.6. The van der Waals surface area contributed by atoms with Gasteiger partial charge in [-0.1, -0.05) is 50.6 Å². The van der Waals surface area contributed by atoms with Crippen molar-refractivity contribution in [2.45, 2.75) is 78.1 Å². The first-order valence-electron chi connectivity index (χ1n) is 10.7. The number of nitrogens with two attached hydrogens (primary N) is 1. The Balaban J connectivity index is 3.31. The van der Waals surface area contributed by atoms with E-state index in [1.807, 2.05) is 13.0 Å². The molecule has 0 aliphatic rings. The molecule has 0 heterocycles. The number of aliphatic carboxylic acids is 1. The molecule has 0 bridgehead atoms. The number of alkyl carbamates (subject to hydrolysis) is 1. The van der Waals surface area contributed by atoms with Crippen LogP contribution in [0, 0.1) is 5.92 Å². The van der Waals surface area contributed by atoms with E-state index in [-0.39, 0.29) is 25.3 Å². The SMILES string of the molecule is CC[C@H](C)[C@H](NC(=O)OC(C)(C)C)C(=O)N(Cc1ccccc1)[C@H](CCC(=O)O)C(N)=O. The predicted molar refractivity (Wildman–Crippen MR) is 119 cm³/mol. The summed E-state index contributed by atoms with van der Waals surface area (Å²) in [6.45, 7) is 8.85.